The van der Waals surface area contributed by atoms with E-state index in [1.807, 2.05) is 12.1 Å². The third-order valence-corrected chi connectivity index (χ3v) is 6.60. The summed E-state index contributed by atoms with van der Waals surface area (Å²) in [5.74, 6) is 0. The van der Waals surface area contributed by atoms with E-state index in [-0.39, 0.29) is 17.4 Å². The van der Waals surface area contributed by atoms with E-state index in [9.17, 15) is 5.11 Å². The Morgan fingerprint density at radius 1 is 1.00 bits per heavy atom. The summed E-state index contributed by atoms with van der Waals surface area (Å²) in [6, 6.07) is 15.2. The molecule has 0 radical (unpaired) electrons. The molecule has 1 nitrogen and oxygen atoms in total. The van der Waals surface area contributed by atoms with Crippen molar-refractivity contribution in [1.29, 1.82) is 0 Å². The summed E-state index contributed by atoms with van der Waals surface area (Å²) in [7, 11) is 0. The average molecular weight is 427 g/mol. The Morgan fingerprint density at radius 2 is 1.70 bits per heavy atom. The normalized spacial score (nSPS) is 18.2. The molecule has 2 heteroatoms. The fraction of sp³-hybridized carbons (Fsp3) is 0.440. The zero-order valence-corrected chi connectivity index (χ0v) is 18.6. The lowest BCUT2D eigenvalue weighted by atomic mass is 9.63. The molecule has 144 valence electrons. The molecule has 1 aliphatic rings. The van der Waals surface area contributed by atoms with Crippen LogP contribution < -0.4 is 0 Å². The molecule has 2 aromatic rings. The summed E-state index contributed by atoms with van der Waals surface area (Å²) in [4.78, 5) is 0. The number of fused-ring (bicyclic) bond motifs is 1. The van der Waals surface area contributed by atoms with Crippen molar-refractivity contribution in [2.45, 2.75) is 64.2 Å². The first-order chi connectivity index (χ1) is 12.7. The number of hydrogen-bond donors (Lipinski definition) is 1. The largest absolute Gasteiger partial charge is 0.392 e. The molecule has 0 aliphatic heterocycles. The van der Waals surface area contributed by atoms with E-state index in [4.69, 9.17) is 0 Å². The Bertz CT molecular complexity index is 845. The topological polar surface area (TPSA) is 20.2 Å². The van der Waals surface area contributed by atoms with Crippen LogP contribution in [0.15, 0.2) is 53.0 Å². The number of aryl methyl sites for hydroxylation is 1. The molecule has 0 saturated carbocycles. The van der Waals surface area contributed by atoms with Crippen molar-refractivity contribution in [2.75, 3.05) is 6.61 Å². The van der Waals surface area contributed by atoms with Gasteiger partial charge in [0.25, 0.3) is 0 Å². The quantitative estimate of drug-likeness (QED) is 0.556. The summed E-state index contributed by atoms with van der Waals surface area (Å²) in [6.07, 6.45) is 6.61. The monoisotopic (exact) mass is 426 g/mol. The number of aliphatic hydroxyl groups is 1. The van der Waals surface area contributed by atoms with Crippen LogP contribution in [0.25, 0.3) is 5.57 Å². The van der Waals surface area contributed by atoms with Crippen molar-refractivity contribution in [3.05, 3.63) is 75.3 Å². The molecule has 27 heavy (non-hydrogen) atoms. The first-order valence-electron chi connectivity index (χ1n) is 9.93. The van der Waals surface area contributed by atoms with Gasteiger partial charge in [-0.3, -0.25) is 0 Å². The third kappa shape index (κ3) is 4.55. The average Bonchev–Trinajstić information content (AvgIpc) is 2.63. The number of aliphatic hydroxyl groups excluding tert-OH is 1. The Balaban J connectivity index is 1.79. The van der Waals surface area contributed by atoms with Gasteiger partial charge in [-0.05, 0) is 76.5 Å². The van der Waals surface area contributed by atoms with Crippen molar-refractivity contribution < 1.29 is 5.11 Å². The first-order valence-corrected chi connectivity index (χ1v) is 10.7. The van der Waals surface area contributed by atoms with E-state index < -0.39 is 0 Å². The highest BCUT2D eigenvalue weighted by atomic mass is 79.9. The minimum atomic E-state index is 0.0713. The second kappa shape index (κ2) is 7.93. The Morgan fingerprint density at radius 3 is 2.37 bits per heavy atom. The minimum absolute atomic E-state index is 0.0713. The predicted molar refractivity (Wildman–Crippen MR) is 119 cm³/mol. The van der Waals surface area contributed by atoms with Gasteiger partial charge in [-0.15, -0.1) is 0 Å². The van der Waals surface area contributed by atoms with Gasteiger partial charge in [0.05, 0.1) is 6.61 Å². The summed E-state index contributed by atoms with van der Waals surface area (Å²) >= 11 is 3.51. The number of allylic oxidation sites excluding steroid dienone is 1. The number of hydrogen-bond acceptors (Lipinski definition) is 1. The van der Waals surface area contributed by atoms with Gasteiger partial charge in [-0.25, -0.2) is 0 Å². The van der Waals surface area contributed by atoms with E-state index in [0.717, 1.165) is 28.5 Å². The van der Waals surface area contributed by atoms with E-state index in [1.54, 1.807) is 0 Å². The van der Waals surface area contributed by atoms with Crippen LogP contribution >= 0.6 is 15.9 Å². The fourth-order valence-electron chi connectivity index (χ4n) is 4.17. The van der Waals surface area contributed by atoms with Crippen molar-refractivity contribution in [3.8, 4) is 0 Å². The SMILES string of the molecule is CC1(C)CCC(C)(C)c2cc(CCC=C(CO)c3cccc(Br)c3)ccc21. The van der Waals surface area contributed by atoms with Gasteiger partial charge in [-0.2, -0.15) is 0 Å². The summed E-state index contributed by atoms with van der Waals surface area (Å²) in [6.45, 7) is 9.57. The molecule has 0 fully saturated rings. The van der Waals surface area contributed by atoms with Crippen LogP contribution in [0.5, 0.6) is 0 Å². The summed E-state index contributed by atoms with van der Waals surface area (Å²) in [5.41, 5.74) is 7.04. The molecule has 2 aromatic carbocycles. The highest BCUT2D eigenvalue weighted by molar-refractivity contribution is 9.10. The first kappa shape index (κ1) is 20.4. The maximum atomic E-state index is 9.77. The highest BCUT2D eigenvalue weighted by Gasteiger charge is 2.36. The second-order valence-corrected chi connectivity index (χ2v) is 10.00. The Hall–Kier alpha value is -1.38. The van der Waals surface area contributed by atoms with Crippen molar-refractivity contribution in [3.63, 3.8) is 0 Å². The molecule has 1 aliphatic carbocycles. The molecule has 0 aromatic heterocycles. The maximum absolute atomic E-state index is 9.77. The van der Waals surface area contributed by atoms with Gasteiger partial charge >= 0.3 is 0 Å². The summed E-state index contributed by atoms with van der Waals surface area (Å²) < 4.78 is 1.04. The van der Waals surface area contributed by atoms with Crippen molar-refractivity contribution in [2.24, 2.45) is 0 Å². The number of rotatable bonds is 5. The zero-order valence-electron chi connectivity index (χ0n) is 17.0. The van der Waals surface area contributed by atoms with Crippen LogP contribution in [0, 0.1) is 0 Å². The van der Waals surface area contributed by atoms with E-state index in [1.165, 1.54) is 29.5 Å². The minimum Gasteiger partial charge on any atom is -0.392 e. The highest BCUT2D eigenvalue weighted by Crippen LogP contribution is 2.45. The molecule has 0 saturated heterocycles. The lowest BCUT2D eigenvalue weighted by Gasteiger charge is -2.42. The van der Waals surface area contributed by atoms with E-state index in [2.05, 4.69) is 80.0 Å². The molecule has 0 atom stereocenters. The van der Waals surface area contributed by atoms with Crippen LogP contribution in [0.3, 0.4) is 0 Å². The zero-order chi connectivity index (χ0) is 19.7. The number of halogens is 1. The lowest BCUT2D eigenvalue weighted by molar-refractivity contribution is 0.331. The van der Waals surface area contributed by atoms with Gasteiger partial charge in [-0.1, -0.05) is 80.0 Å². The number of benzene rings is 2. The molecule has 1 N–H and O–H groups in total. The lowest BCUT2D eigenvalue weighted by Crippen LogP contribution is -2.33. The fourth-order valence-corrected chi connectivity index (χ4v) is 4.57. The Kier molecular flexibility index (Phi) is 5.98. The van der Waals surface area contributed by atoms with Crippen molar-refractivity contribution in [1.82, 2.24) is 0 Å². The van der Waals surface area contributed by atoms with E-state index in [0.29, 0.717) is 0 Å². The van der Waals surface area contributed by atoms with Gasteiger partial charge in [0.15, 0.2) is 0 Å². The van der Waals surface area contributed by atoms with Gasteiger partial charge in [0, 0.05) is 4.47 Å². The van der Waals surface area contributed by atoms with Gasteiger partial charge in [0.1, 0.15) is 0 Å². The summed E-state index contributed by atoms with van der Waals surface area (Å²) in [5, 5.41) is 9.77. The molecule has 0 bridgehead atoms. The van der Waals surface area contributed by atoms with Crippen LogP contribution in [-0.2, 0) is 17.3 Å². The standard InChI is InChI=1S/C25H31BrO/c1-24(2)13-14-25(3,4)23-15-18(11-12-22(23)24)7-5-9-20(17-27)19-8-6-10-21(26)16-19/h6,8-12,15-16,27H,5,7,13-14,17H2,1-4H3. The molecule has 0 unspecified atom stereocenters. The van der Waals surface area contributed by atoms with Crippen LogP contribution in [0.1, 0.15) is 69.2 Å². The molecule has 0 amide bonds. The molecular formula is C25H31BrO. The van der Waals surface area contributed by atoms with Crippen LogP contribution in [0.2, 0.25) is 0 Å². The Labute approximate surface area is 172 Å². The molecule has 0 spiro atoms. The predicted octanol–water partition coefficient (Wildman–Crippen LogP) is 6.81. The molecule has 0 heterocycles. The smallest absolute Gasteiger partial charge is 0.0684 e. The van der Waals surface area contributed by atoms with E-state index >= 15 is 0 Å². The third-order valence-electron chi connectivity index (χ3n) is 6.11. The molecular weight excluding hydrogens is 396 g/mol. The van der Waals surface area contributed by atoms with Crippen molar-refractivity contribution >= 4 is 21.5 Å². The van der Waals surface area contributed by atoms with Gasteiger partial charge in [0.2, 0.25) is 0 Å². The van der Waals surface area contributed by atoms with Gasteiger partial charge < -0.3 is 5.11 Å². The second-order valence-electron chi connectivity index (χ2n) is 9.08. The van der Waals surface area contributed by atoms with Crippen LogP contribution in [0.4, 0.5) is 0 Å². The molecule has 3 rings (SSSR count). The van der Waals surface area contributed by atoms with Crippen LogP contribution in [-0.4, -0.2) is 11.7 Å². The maximum Gasteiger partial charge on any atom is 0.0684 e.